The number of rotatable bonds is 14. The highest BCUT2D eigenvalue weighted by Gasteiger charge is 2.78. The summed E-state index contributed by atoms with van der Waals surface area (Å²) in [5.74, 6) is -0.998. The van der Waals surface area contributed by atoms with Crippen molar-refractivity contribution >= 4 is 28.5 Å². The predicted octanol–water partition coefficient (Wildman–Crippen LogP) is 1.35. The number of aliphatic hydroxyl groups is 5. The molecule has 6 aliphatic heterocycles. The van der Waals surface area contributed by atoms with Gasteiger partial charge in [0.1, 0.15) is 29.6 Å². The molecule has 1 aliphatic carbocycles. The summed E-state index contributed by atoms with van der Waals surface area (Å²) in [7, 11) is 4.84. The molecule has 2 aromatic carbocycles. The second-order valence-corrected chi connectivity index (χ2v) is 23.1. The van der Waals surface area contributed by atoms with Crippen LogP contribution in [0, 0.1) is 18.3 Å². The van der Waals surface area contributed by atoms with E-state index in [2.05, 4.69) is 32.2 Å². The number of hydrogen-bond acceptors (Lipinski definition) is 16. The number of aliphatic hydroxyl groups excluding tert-OH is 3. The van der Waals surface area contributed by atoms with Crippen LogP contribution in [-0.4, -0.2) is 183 Å². The summed E-state index contributed by atoms with van der Waals surface area (Å²) in [5, 5.41) is 62.5. The number of aromatic amines is 1. The number of benzene rings is 2. The lowest BCUT2D eigenvalue weighted by Crippen LogP contribution is -2.81. The standard InChI is InChI=1S/C57H75N7O13/c1-7-53(72)27-34-28-56(51(70)75-6,45-36(14-19-61(30-34)32-53)35-12-9-10-13-39(35)59-45)38-24-37-40(25-42(38)74-5)60(4)48-55(37)16-20-62-18-11-15-54(8-2,47(55)62)49(68)57(48,73)50(69)58-17-22-76-23-21-63-46(67)33(3)29-64(52(63)71)44-26-41(66)43(31-65)77-44/h9-13,15,24-25,29,34,41,43-44,47-49,59,65-66,68,72-73H,7-8,14,16-23,26-28,30-32H2,1-6H3,(H,58,69)/t34?,41-,43+,44+,47-,48+,49+,53-,54+,55?,56-,57+/m0/s1. The van der Waals surface area contributed by atoms with Crippen molar-refractivity contribution in [3.8, 4) is 5.75 Å². The number of carbonyl (C=O) groups excluding carboxylic acids is 2. The Kier molecular flexibility index (Phi) is 13.7. The van der Waals surface area contributed by atoms with Crippen molar-refractivity contribution in [2.75, 3.05) is 85.3 Å². The van der Waals surface area contributed by atoms with Gasteiger partial charge in [0.15, 0.2) is 5.60 Å². The lowest BCUT2D eigenvalue weighted by atomic mass is 9.47. The number of esters is 1. The van der Waals surface area contributed by atoms with E-state index >= 15 is 9.59 Å². The van der Waals surface area contributed by atoms with Crippen molar-refractivity contribution in [1.29, 1.82) is 0 Å². The summed E-state index contributed by atoms with van der Waals surface area (Å²) in [4.78, 5) is 67.8. The van der Waals surface area contributed by atoms with Gasteiger partial charge in [0, 0.05) is 109 Å². The largest absolute Gasteiger partial charge is 0.496 e. The maximum atomic E-state index is 15.5. The number of para-hydroxylation sites is 1. The van der Waals surface area contributed by atoms with Crippen LogP contribution in [0.1, 0.15) is 86.5 Å². The Morgan fingerprint density at radius 2 is 1.79 bits per heavy atom. The van der Waals surface area contributed by atoms with Crippen LogP contribution in [0.2, 0.25) is 0 Å². The first kappa shape index (κ1) is 53.6. The zero-order valence-corrected chi connectivity index (χ0v) is 45.0. The van der Waals surface area contributed by atoms with Crippen molar-refractivity contribution < 1.29 is 54.1 Å². The van der Waals surface area contributed by atoms with Gasteiger partial charge in [-0.05, 0) is 81.2 Å². The van der Waals surface area contributed by atoms with Gasteiger partial charge in [-0.25, -0.2) is 4.79 Å². The van der Waals surface area contributed by atoms with Crippen molar-refractivity contribution in [3.05, 3.63) is 104 Å². The number of fused-ring (bicyclic) bond motifs is 6. The monoisotopic (exact) mass is 1070 g/mol. The number of nitrogens with zero attached hydrogens (tertiary/aromatic N) is 5. The molecule has 2 aromatic heterocycles. The Morgan fingerprint density at radius 1 is 1.00 bits per heavy atom. The molecule has 7 N–H and O–H groups in total. The molecule has 0 radical (unpaired) electrons. The number of piperidine rings is 1. The van der Waals surface area contributed by atoms with Crippen LogP contribution < -0.4 is 26.2 Å². The Balaban J connectivity index is 0.962. The number of H-pyrrole nitrogens is 1. The number of aryl methyl sites for hydroxylation is 1. The number of aromatic nitrogens is 3. The number of nitrogens with one attached hydrogen (secondary N) is 2. The van der Waals surface area contributed by atoms with E-state index < -0.39 is 87.8 Å². The fraction of sp³-hybridized carbons (Fsp3) is 0.614. The Hall–Kier alpha value is -5.42. The third kappa shape index (κ3) is 7.85. The molecular weight excluding hydrogens is 991 g/mol. The zero-order chi connectivity index (χ0) is 54.6. The van der Waals surface area contributed by atoms with Crippen molar-refractivity contribution in [1.82, 2.24) is 29.2 Å². The third-order valence-electron chi connectivity index (χ3n) is 19.3. The molecule has 3 saturated heterocycles. The van der Waals surface area contributed by atoms with Crippen LogP contribution >= 0.6 is 0 Å². The molecular formula is C57H75N7O13. The van der Waals surface area contributed by atoms with Crippen LogP contribution in [0.5, 0.6) is 5.75 Å². The van der Waals surface area contributed by atoms with Crippen molar-refractivity contribution in [2.45, 2.75) is 131 Å². The number of ether oxygens (including phenoxy) is 4. The molecule has 11 rings (SSSR count). The van der Waals surface area contributed by atoms with E-state index in [9.17, 15) is 35.1 Å². The topological polar surface area (TPSA) is 254 Å². The number of likely N-dealkylation sites (N-methyl/N-ethyl adjacent to an activating group) is 1. The van der Waals surface area contributed by atoms with Crippen molar-refractivity contribution in [3.63, 3.8) is 0 Å². The summed E-state index contributed by atoms with van der Waals surface area (Å²) >= 11 is 0. The highest BCUT2D eigenvalue weighted by molar-refractivity contribution is 5.95. The smallest absolute Gasteiger partial charge is 0.333 e. The maximum Gasteiger partial charge on any atom is 0.333 e. The molecule has 1 spiro atoms. The SMILES string of the molecule is CC[C@]1(O)CC2CN(CCc3c([nH]c4ccccc34)[C@@](C(=O)OC)(c3cc4c(cc3OC)N(C)[C@@H]3C45CCN4CC=C[C@](CC)([C@H]45)[C@@H](O)[C@@]3(O)C(=O)NCCOCCn3c(=O)c(C)cn([C@H]4C[C@H](O)[C@@H](CO)O4)c3=O)C2)C1. The highest BCUT2D eigenvalue weighted by Crippen LogP contribution is 2.67. The molecule has 20 nitrogen and oxygen atoms in total. The number of anilines is 1. The molecule has 4 fully saturated rings. The fourth-order valence-corrected chi connectivity index (χ4v) is 15.9. The van der Waals surface area contributed by atoms with Gasteiger partial charge in [0.25, 0.3) is 11.5 Å². The van der Waals surface area contributed by atoms with Gasteiger partial charge in [0.05, 0.1) is 58.3 Å². The van der Waals surface area contributed by atoms with Gasteiger partial charge in [-0.2, -0.15) is 0 Å². The molecule has 416 valence electrons. The van der Waals surface area contributed by atoms with E-state index in [4.69, 9.17) is 18.9 Å². The van der Waals surface area contributed by atoms with Crippen molar-refractivity contribution in [2.24, 2.45) is 11.3 Å². The lowest BCUT2D eigenvalue weighted by Gasteiger charge is -2.63. The van der Waals surface area contributed by atoms with E-state index in [1.165, 1.54) is 17.9 Å². The summed E-state index contributed by atoms with van der Waals surface area (Å²) in [5.41, 5.74) is -3.21. The molecule has 1 saturated carbocycles. The van der Waals surface area contributed by atoms with Crippen LogP contribution in [0.25, 0.3) is 10.9 Å². The minimum atomic E-state index is -2.42. The molecule has 3 unspecified atom stereocenters. The minimum Gasteiger partial charge on any atom is -0.496 e. The summed E-state index contributed by atoms with van der Waals surface area (Å²) in [6.45, 7) is 7.83. The van der Waals surface area contributed by atoms with E-state index in [0.29, 0.717) is 87.5 Å². The third-order valence-corrected chi connectivity index (χ3v) is 19.3. The Bertz CT molecular complexity index is 3120. The van der Waals surface area contributed by atoms with E-state index in [1.54, 1.807) is 14.0 Å². The van der Waals surface area contributed by atoms with Gasteiger partial charge < -0.3 is 59.7 Å². The maximum absolute atomic E-state index is 15.5. The number of hydrogen-bond donors (Lipinski definition) is 7. The molecule has 2 bridgehead atoms. The van der Waals surface area contributed by atoms with Crippen LogP contribution in [0.15, 0.2) is 64.3 Å². The van der Waals surface area contributed by atoms with E-state index in [0.717, 1.165) is 26.6 Å². The van der Waals surface area contributed by atoms with E-state index in [1.807, 2.05) is 62.2 Å². The average molecular weight is 1070 g/mol. The molecule has 13 atom stereocenters. The summed E-state index contributed by atoms with van der Waals surface area (Å²) < 4.78 is 26.3. The lowest BCUT2D eigenvalue weighted by molar-refractivity contribution is -0.203. The van der Waals surface area contributed by atoms with E-state index in [-0.39, 0.29) is 56.7 Å². The summed E-state index contributed by atoms with van der Waals surface area (Å²) in [6.07, 6.45) is 3.96. The molecule has 1 amide bonds. The van der Waals surface area contributed by atoms with Gasteiger partial charge >= 0.3 is 11.7 Å². The van der Waals surface area contributed by atoms with Gasteiger partial charge in [-0.15, -0.1) is 0 Å². The number of carbonyl (C=O) groups is 2. The fourth-order valence-electron chi connectivity index (χ4n) is 15.9. The van der Waals surface area contributed by atoms with Crippen LogP contribution in [0.4, 0.5) is 5.69 Å². The average Bonchev–Trinajstić information content (AvgIpc) is 3.26. The highest BCUT2D eigenvalue weighted by atomic mass is 16.5. The molecule has 20 heteroatoms. The number of amides is 1. The number of methoxy groups -OCH3 is 2. The molecule has 77 heavy (non-hydrogen) atoms. The van der Waals surface area contributed by atoms with Gasteiger partial charge in [0.2, 0.25) is 0 Å². The normalized spacial score (nSPS) is 35.1. The first-order chi connectivity index (χ1) is 36.9. The van der Waals surface area contributed by atoms with Gasteiger partial charge in [-0.1, -0.05) is 44.2 Å². The minimum absolute atomic E-state index is 0.0571. The quantitative estimate of drug-likeness (QED) is 0.0535. The van der Waals surface area contributed by atoms with Gasteiger partial charge in [-0.3, -0.25) is 33.3 Å². The summed E-state index contributed by atoms with van der Waals surface area (Å²) in [6, 6.07) is 10.7. The molecule has 8 heterocycles. The predicted molar refractivity (Wildman–Crippen MR) is 284 cm³/mol. The van der Waals surface area contributed by atoms with Crippen LogP contribution in [-0.2, 0) is 47.6 Å². The Morgan fingerprint density at radius 3 is 2.52 bits per heavy atom. The second-order valence-electron chi connectivity index (χ2n) is 23.1. The zero-order valence-electron chi connectivity index (χ0n) is 45.0. The first-order valence-electron chi connectivity index (χ1n) is 27.5. The second kappa shape index (κ2) is 19.7. The van der Waals surface area contributed by atoms with Crippen LogP contribution in [0.3, 0.4) is 0 Å². The molecule has 7 aliphatic rings. The molecule has 4 aromatic rings. The Labute approximate surface area is 447 Å². The first-order valence-corrected chi connectivity index (χ1v) is 27.5.